The Morgan fingerprint density at radius 2 is 2.12 bits per heavy atom. The van der Waals surface area contributed by atoms with E-state index in [0.29, 0.717) is 18.3 Å². The lowest BCUT2D eigenvalue weighted by Crippen LogP contribution is -2.45. The predicted molar refractivity (Wildman–Crippen MR) is 97.6 cm³/mol. The van der Waals surface area contributed by atoms with Gasteiger partial charge >= 0.3 is 0 Å². The molecule has 5 nitrogen and oxygen atoms in total. The van der Waals surface area contributed by atoms with Crippen molar-refractivity contribution in [1.82, 2.24) is 20.0 Å². The fraction of sp³-hybridized carbons (Fsp3) is 0.500. The van der Waals surface area contributed by atoms with Gasteiger partial charge in [0.1, 0.15) is 5.69 Å². The number of amides is 1. The zero-order valence-corrected chi connectivity index (χ0v) is 15.0. The summed E-state index contributed by atoms with van der Waals surface area (Å²) in [6.07, 6.45) is 4.23. The third-order valence-electron chi connectivity index (χ3n) is 5.45. The molecule has 1 atom stereocenters. The summed E-state index contributed by atoms with van der Waals surface area (Å²) in [5.74, 6) is 0.0325. The number of piperidine rings is 1. The lowest BCUT2D eigenvalue weighted by molar-refractivity contribution is 0.0678. The molecular formula is C20H26N4O. The van der Waals surface area contributed by atoms with Crippen LogP contribution in [-0.4, -0.2) is 40.2 Å². The van der Waals surface area contributed by atoms with Crippen LogP contribution in [0.15, 0.2) is 36.5 Å². The van der Waals surface area contributed by atoms with Gasteiger partial charge in [-0.05, 0) is 36.6 Å². The molecule has 132 valence electrons. The second-order valence-corrected chi connectivity index (χ2v) is 7.88. The zero-order valence-electron chi connectivity index (χ0n) is 15.0. The van der Waals surface area contributed by atoms with Crippen LogP contribution >= 0.6 is 0 Å². The van der Waals surface area contributed by atoms with Crippen molar-refractivity contribution >= 4 is 5.91 Å². The minimum atomic E-state index is -0.0413. The van der Waals surface area contributed by atoms with Gasteiger partial charge in [0.05, 0.1) is 6.04 Å². The van der Waals surface area contributed by atoms with Crippen LogP contribution in [0.1, 0.15) is 54.3 Å². The Kier molecular flexibility index (Phi) is 4.12. The quantitative estimate of drug-likeness (QED) is 0.916. The van der Waals surface area contributed by atoms with E-state index in [1.165, 1.54) is 11.1 Å². The molecule has 0 aliphatic carbocycles. The molecule has 2 aromatic rings. The van der Waals surface area contributed by atoms with E-state index in [4.69, 9.17) is 0 Å². The summed E-state index contributed by atoms with van der Waals surface area (Å²) in [7, 11) is 0. The Hall–Kier alpha value is -2.14. The zero-order chi connectivity index (χ0) is 17.4. The van der Waals surface area contributed by atoms with Crippen LogP contribution in [0.25, 0.3) is 0 Å². The van der Waals surface area contributed by atoms with Crippen LogP contribution in [0.4, 0.5) is 0 Å². The van der Waals surface area contributed by atoms with Crippen LogP contribution in [-0.2, 0) is 12.0 Å². The molecule has 1 aromatic carbocycles. The summed E-state index contributed by atoms with van der Waals surface area (Å²) in [6, 6.07) is 10.7. The number of nitrogens with one attached hydrogen (secondary N) is 1. The molecule has 0 saturated carbocycles. The fourth-order valence-corrected chi connectivity index (χ4v) is 4.16. The number of hydrogen-bond acceptors (Lipinski definition) is 3. The van der Waals surface area contributed by atoms with Crippen LogP contribution in [0.3, 0.4) is 0 Å². The standard InChI is InChI=1S/C20H26N4O/c1-20(2)14-23(13-15-6-3-4-8-17(15)20)19(25)18-9-11-24(22-18)16-7-5-10-21-12-16/h3-4,6,8-9,11,16,21H,5,7,10,12-14H2,1-2H3. The Morgan fingerprint density at radius 1 is 1.28 bits per heavy atom. The van der Waals surface area contributed by atoms with Crippen molar-refractivity contribution in [2.45, 2.75) is 44.7 Å². The number of fused-ring (bicyclic) bond motifs is 1. The third kappa shape index (κ3) is 3.09. The highest BCUT2D eigenvalue weighted by atomic mass is 16.2. The van der Waals surface area contributed by atoms with Gasteiger partial charge in [-0.3, -0.25) is 9.48 Å². The molecule has 2 aliphatic heterocycles. The monoisotopic (exact) mass is 338 g/mol. The van der Waals surface area contributed by atoms with E-state index in [1.807, 2.05) is 27.9 Å². The molecule has 3 heterocycles. The van der Waals surface area contributed by atoms with Crippen LogP contribution < -0.4 is 5.32 Å². The predicted octanol–water partition coefficient (Wildman–Crippen LogP) is 2.74. The number of carbonyl (C=O) groups excluding carboxylic acids is 1. The number of benzene rings is 1. The topological polar surface area (TPSA) is 50.2 Å². The molecule has 1 saturated heterocycles. The Balaban J connectivity index is 1.55. The summed E-state index contributed by atoms with van der Waals surface area (Å²) in [6.45, 7) is 7.80. The molecule has 4 rings (SSSR count). The summed E-state index contributed by atoms with van der Waals surface area (Å²) in [5.41, 5.74) is 3.10. The number of nitrogens with zero attached hydrogens (tertiary/aromatic N) is 3. The molecule has 1 fully saturated rings. The molecule has 0 spiro atoms. The van der Waals surface area contributed by atoms with Crippen molar-refractivity contribution in [3.63, 3.8) is 0 Å². The van der Waals surface area contributed by atoms with E-state index in [2.05, 4.69) is 42.5 Å². The normalized spacial score (nSPS) is 22.5. The van der Waals surface area contributed by atoms with E-state index in [-0.39, 0.29) is 11.3 Å². The van der Waals surface area contributed by atoms with Gasteiger partial charge in [0.25, 0.3) is 5.91 Å². The summed E-state index contributed by atoms with van der Waals surface area (Å²) < 4.78 is 1.96. The minimum absolute atomic E-state index is 0.0325. The van der Waals surface area contributed by atoms with Crippen molar-refractivity contribution in [3.05, 3.63) is 53.3 Å². The molecule has 5 heteroatoms. The van der Waals surface area contributed by atoms with Gasteiger partial charge < -0.3 is 10.2 Å². The van der Waals surface area contributed by atoms with Gasteiger partial charge in [-0.25, -0.2) is 0 Å². The van der Waals surface area contributed by atoms with Crippen molar-refractivity contribution in [1.29, 1.82) is 0 Å². The van der Waals surface area contributed by atoms with Gasteiger partial charge in [0.2, 0.25) is 0 Å². The average Bonchev–Trinajstić information content (AvgIpc) is 3.11. The van der Waals surface area contributed by atoms with Gasteiger partial charge in [-0.15, -0.1) is 0 Å². The van der Waals surface area contributed by atoms with E-state index < -0.39 is 0 Å². The van der Waals surface area contributed by atoms with Crippen LogP contribution in [0.5, 0.6) is 0 Å². The summed E-state index contributed by atoms with van der Waals surface area (Å²) >= 11 is 0. The van der Waals surface area contributed by atoms with Crippen molar-refractivity contribution in [2.24, 2.45) is 0 Å². The number of hydrogen-bond donors (Lipinski definition) is 1. The van der Waals surface area contributed by atoms with Gasteiger partial charge in [-0.1, -0.05) is 38.1 Å². The largest absolute Gasteiger partial charge is 0.332 e. The maximum atomic E-state index is 13.0. The molecule has 0 bridgehead atoms. The first-order valence-corrected chi connectivity index (χ1v) is 9.18. The molecule has 1 amide bonds. The number of aromatic nitrogens is 2. The lowest BCUT2D eigenvalue weighted by atomic mass is 9.78. The minimum Gasteiger partial charge on any atom is -0.332 e. The third-order valence-corrected chi connectivity index (χ3v) is 5.45. The van der Waals surface area contributed by atoms with Crippen molar-refractivity contribution in [3.8, 4) is 0 Å². The van der Waals surface area contributed by atoms with Gasteiger partial charge in [0, 0.05) is 31.2 Å². The van der Waals surface area contributed by atoms with Gasteiger partial charge in [-0.2, -0.15) is 5.10 Å². The lowest BCUT2D eigenvalue weighted by Gasteiger charge is -2.39. The van der Waals surface area contributed by atoms with Gasteiger partial charge in [0.15, 0.2) is 0 Å². The molecule has 2 aliphatic rings. The van der Waals surface area contributed by atoms with E-state index in [9.17, 15) is 4.79 Å². The Labute approximate surface area is 149 Å². The second-order valence-electron chi connectivity index (χ2n) is 7.88. The number of rotatable bonds is 2. The molecule has 1 aromatic heterocycles. The first-order valence-electron chi connectivity index (χ1n) is 9.18. The smallest absolute Gasteiger partial charge is 0.274 e. The Bertz CT molecular complexity index is 774. The first-order chi connectivity index (χ1) is 12.0. The molecular weight excluding hydrogens is 312 g/mol. The van der Waals surface area contributed by atoms with E-state index in [1.54, 1.807) is 0 Å². The molecule has 25 heavy (non-hydrogen) atoms. The van der Waals surface area contributed by atoms with Crippen molar-refractivity contribution in [2.75, 3.05) is 19.6 Å². The SMILES string of the molecule is CC1(C)CN(C(=O)c2ccn(C3CCCNC3)n2)Cc2ccccc21. The number of carbonyl (C=O) groups is 1. The van der Waals surface area contributed by atoms with Crippen LogP contribution in [0.2, 0.25) is 0 Å². The highest BCUT2D eigenvalue weighted by Gasteiger charge is 2.34. The maximum absolute atomic E-state index is 13.0. The fourth-order valence-electron chi connectivity index (χ4n) is 4.16. The van der Waals surface area contributed by atoms with E-state index in [0.717, 1.165) is 32.5 Å². The highest BCUT2D eigenvalue weighted by Crippen LogP contribution is 2.33. The highest BCUT2D eigenvalue weighted by molar-refractivity contribution is 5.92. The first kappa shape index (κ1) is 16.3. The molecule has 1 unspecified atom stereocenters. The van der Waals surface area contributed by atoms with E-state index >= 15 is 0 Å². The maximum Gasteiger partial charge on any atom is 0.274 e. The average molecular weight is 338 g/mol. The molecule has 1 N–H and O–H groups in total. The Morgan fingerprint density at radius 3 is 2.92 bits per heavy atom. The second kappa shape index (κ2) is 6.30. The summed E-state index contributed by atoms with van der Waals surface area (Å²) in [4.78, 5) is 15.0. The van der Waals surface area contributed by atoms with Crippen LogP contribution in [0, 0.1) is 0 Å². The van der Waals surface area contributed by atoms with Crippen molar-refractivity contribution < 1.29 is 4.79 Å². The molecule has 0 radical (unpaired) electrons. The summed E-state index contributed by atoms with van der Waals surface area (Å²) in [5, 5.41) is 8.00.